The van der Waals surface area contributed by atoms with Gasteiger partial charge in [-0.05, 0) is 63.6 Å². The van der Waals surface area contributed by atoms with Gasteiger partial charge in [-0.25, -0.2) is 0 Å². The molecule has 2 amide bonds. The highest BCUT2D eigenvalue weighted by molar-refractivity contribution is 5.82. The molecule has 142 valence electrons. The lowest BCUT2D eigenvalue weighted by molar-refractivity contribution is -0.140. The van der Waals surface area contributed by atoms with Crippen LogP contribution < -0.4 is 5.73 Å². The maximum Gasteiger partial charge on any atom is 0.239 e. The molecular weight excluding hydrogens is 326 g/mol. The minimum atomic E-state index is -0.231. The average Bonchev–Trinajstić information content (AvgIpc) is 2.68. The second-order valence-electron chi connectivity index (χ2n) is 7.85. The molecule has 3 rings (SSSR count). The van der Waals surface area contributed by atoms with Crippen molar-refractivity contribution in [2.45, 2.75) is 45.1 Å². The summed E-state index contributed by atoms with van der Waals surface area (Å²) in [6.45, 7) is 5.31. The molecule has 0 bridgehead atoms. The van der Waals surface area contributed by atoms with Gasteiger partial charge < -0.3 is 10.6 Å². The number of rotatable bonds is 5. The first-order chi connectivity index (χ1) is 12.5. The Kier molecular flexibility index (Phi) is 6.30. The maximum absolute atomic E-state index is 12.8. The standard InChI is InChI=1S/C21H31N3O2/c1-16(21(26)24-13-9-19(10-14-24)20(22)25)23-11-7-18(8-12-23)15-17-5-3-2-4-6-17/h2-6,16,18-19H,7-15H2,1H3,(H2,22,25). The molecule has 1 aromatic carbocycles. The van der Waals surface area contributed by atoms with Crippen LogP contribution in [0.1, 0.15) is 38.2 Å². The molecule has 5 heteroatoms. The van der Waals surface area contributed by atoms with Crippen molar-refractivity contribution < 1.29 is 9.59 Å². The minimum Gasteiger partial charge on any atom is -0.369 e. The Hall–Kier alpha value is -1.88. The Bertz CT molecular complexity index is 603. The number of hydrogen-bond donors (Lipinski definition) is 1. The Balaban J connectivity index is 1.45. The van der Waals surface area contributed by atoms with E-state index < -0.39 is 0 Å². The quantitative estimate of drug-likeness (QED) is 0.877. The van der Waals surface area contributed by atoms with E-state index in [2.05, 4.69) is 35.2 Å². The smallest absolute Gasteiger partial charge is 0.239 e. The minimum absolute atomic E-state index is 0.0666. The number of amides is 2. The predicted octanol–water partition coefficient (Wildman–Crippen LogP) is 2.05. The highest BCUT2D eigenvalue weighted by atomic mass is 16.2. The first kappa shape index (κ1) is 18.9. The summed E-state index contributed by atoms with van der Waals surface area (Å²) in [5.74, 6) is 0.616. The lowest BCUT2D eigenvalue weighted by Gasteiger charge is -2.39. The van der Waals surface area contributed by atoms with Crippen molar-refractivity contribution >= 4 is 11.8 Å². The Morgan fingerprint density at radius 2 is 1.65 bits per heavy atom. The second kappa shape index (κ2) is 8.67. The van der Waals surface area contributed by atoms with Gasteiger partial charge in [0.15, 0.2) is 0 Å². The van der Waals surface area contributed by atoms with Crippen molar-refractivity contribution in [2.24, 2.45) is 17.6 Å². The normalized spacial score (nSPS) is 21.5. The number of primary amides is 1. The summed E-state index contributed by atoms with van der Waals surface area (Å²) in [7, 11) is 0. The van der Waals surface area contributed by atoms with Crippen LogP contribution in [0.5, 0.6) is 0 Å². The van der Waals surface area contributed by atoms with Crippen LogP contribution in [0, 0.1) is 11.8 Å². The summed E-state index contributed by atoms with van der Waals surface area (Å²) in [5.41, 5.74) is 6.79. The van der Waals surface area contributed by atoms with Crippen LogP contribution >= 0.6 is 0 Å². The summed E-state index contributed by atoms with van der Waals surface area (Å²) in [6, 6.07) is 10.6. The van der Waals surface area contributed by atoms with Crippen LogP contribution in [0.15, 0.2) is 30.3 Å². The van der Waals surface area contributed by atoms with Crippen LogP contribution in [0.2, 0.25) is 0 Å². The SMILES string of the molecule is CC(C(=O)N1CCC(C(N)=O)CC1)N1CCC(Cc2ccccc2)CC1. The molecule has 1 atom stereocenters. The summed E-state index contributed by atoms with van der Waals surface area (Å²) in [5, 5.41) is 0. The number of nitrogens with zero attached hydrogens (tertiary/aromatic N) is 2. The zero-order valence-electron chi connectivity index (χ0n) is 15.8. The van der Waals surface area contributed by atoms with Crippen molar-refractivity contribution in [1.29, 1.82) is 0 Å². The van der Waals surface area contributed by atoms with E-state index in [-0.39, 0.29) is 23.8 Å². The van der Waals surface area contributed by atoms with Gasteiger partial charge in [0.1, 0.15) is 0 Å². The van der Waals surface area contributed by atoms with Crippen LogP contribution in [0.3, 0.4) is 0 Å². The molecule has 0 aromatic heterocycles. The van der Waals surface area contributed by atoms with E-state index in [1.807, 2.05) is 11.8 Å². The van der Waals surface area contributed by atoms with Gasteiger partial charge in [0.2, 0.25) is 11.8 Å². The van der Waals surface area contributed by atoms with E-state index in [1.54, 1.807) is 0 Å². The molecule has 2 aliphatic rings. The lowest BCUT2D eigenvalue weighted by atomic mass is 9.89. The fourth-order valence-electron chi connectivity index (χ4n) is 4.30. The third-order valence-corrected chi connectivity index (χ3v) is 6.13. The summed E-state index contributed by atoms with van der Waals surface area (Å²) in [4.78, 5) is 28.3. The zero-order chi connectivity index (χ0) is 18.5. The van der Waals surface area contributed by atoms with E-state index in [4.69, 9.17) is 5.73 Å². The number of benzene rings is 1. The van der Waals surface area contributed by atoms with E-state index in [0.29, 0.717) is 31.8 Å². The Labute approximate surface area is 156 Å². The molecule has 2 heterocycles. The van der Waals surface area contributed by atoms with Crippen LogP contribution in [-0.2, 0) is 16.0 Å². The predicted molar refractivity (Wildman–Crippen MR) is 102 cm³/mol. The number of piperidine rings is 2. The van der Waals surface area contributed by atoms with E-state index in [0.717, 1.165) is 32.4 Å². The fourth-order valence-corrected chi connectivity index (χ4v) is 4.30. The van der Waals surface area contributed by atoms with E-state index >= 15 is 0 Å². The first-order valence-electron chi connectivity index (χ1n) is 9.90. The largest absolute Gasteiger partial charge is 0.369 e. The maximum atomic E-state index is 12.8. The highest BCUT2D eigenvalue weighted by Gasteiger charge is 2.32. The van der Waals surface area contributed by atoms with Gasteiger partial charge in [-0.1, -0.05) is 30.3 Å². The third-order valence-electron chi connectivity index (χ3n) is 6.13. The molecule has 0 radical (unpaired) electrons. The molecule has 0 saturated carbocycles. The average molecular weight is 357 g/mol. The Morgan fingerprint density at radius 3 is 2.23 bits per heavy atom. The molecule has 0 spiro atoms. The van der Waals surface area contributed by atoms with Crippen molar-refractivity contribution in [3.8, 4) is 0 Å². The van der Waals surface area contributed by atoms with Crippen molar-refractivity contribution in [3.05, 3.63) is 35.9 Å². The van der Waals surface area contributed by atoms with Gasteiger partial charge >= 0.3 is 0 Å². The first-order valence-corrected chi connectivity index (χ1v) is 9.90. The van der Waals surface area contributed by atoms with Gasteiger partial charge in [-0.3, -0.25) is 14.5 Å². The van der Waals surface area contributed by atoms with Crippen molar-refractivity contribution in [3.63, 3.8) is 0 Å². The van der Waals surface area contributed by atoms with Crippen LogP contribution in [0.4, 0.5) is 0 Å². The molecule has 2 aliphatic heterocycles. The van der Waals surface area contributed by atoms with Crippen LogP contribution in [0.25, 0.3) is 0 Å². The van der Waals surface area contributed by atoms with Crippen molar-refractivity contribution in [2.75, 3.05) is 26.2 Å². The van der Waals surface area contributed by atoms with E-state index in [1.165, 1.54) is 5.56 Å². The highest BCUT2D eigenvalue weighted by Crippen LogP contribution is 2.24. The molecule has 1 unspecified atom stereocenters. The summed E-state index contributed by atoms with van der Waals surface area (Å²) >= 11 is 0. The zero-order valence-corrected chi connectivity index (χ0v) is 15.8. The molecule has 1 aromatic rings. The third kappa shape index (κ3) is 4.64. The molecule has 2 fully saturated rings. The molecule has 5 nitrogen and oxygen atoms in total. The van der Waals surface area contributed by atoms with Gasteiger partial charge in [-0.15, -0.1) is 0 Å². The summed E-state index contributed by atoms with van der Waals surface area (Å²) in [6.07, 6.45) is 4.84. The van der Waals surface area contributed by atoms with Crippen LogP contribution in [-0.4, -0.2) is 53.8 Å². The number of carbonyl (C=O) groups excluding carboxylic acids is 2. The number of nitrogens with two attached hydrogens (primary N) is 1. The molecule has 2 N–H and O–H groups in total. The Morgan fingerprint density at radius 1 is 1.04 bits per heavy atom. The monoisotopic (exact) mass is 357 g/mol. The lowest BCUT2D eigenvalue weighted by Crippen LogP contribution is -2.52. The van der Waals surface area contributed by atoms with Gasteiger partial charge in [0.25, 0.3) is 0 Å². The van der Waals surface area contributed by atoms with Crippen molar-refractivity contribution in [1.82, 2.24) is 9.80 Å². The fraction of sp³-hybridized carbons (Fsp3) is 0.619. The van der Waals surface area contributed by atoms with E-state index in [9.17, 15) is 9.59 Å². The van der Waals surface area contributed by atoms with Gasteiger partial charge in [-0.2, -0.15) is 0 Å². The second-order valence-corrected chi connectivity index (χ2v) is 7.85. The van der Waals surface area contributed by atoms with Gasteiger partial charge in [0, 0.05) is 19.0 Å². The number of carbonyl (C=O) groups is 2. The molecule has 0 aliphatic carbocycles. The number of likely N-dealkylation sites (tertiary alicyclic amines) is 2. The molecule has 26 heavy (non-hydrogen) atoms. The topological polar surface area (TPSA) is 66.6 Å². The molecular formula is C21H31N3O2. The van der Waals surface area contributed by atoms with Gasteiger partial charge in [0.05, 0.1) is 6.04 Å². The summed E-state index contributed by atoms with van der Waals surface area (Å²) < 4.78 is 0. The number of hydrogen-bond acceptors (Lipinski definition) is 3. The molecule has 2 saturated heterocycles.